The lowest BCUT2D eigenvalue weighted by molar-refractivity contribution is 0.0300. The van der Waals surface area contributed by atoms with Gasteiger partial charge in [-0.15, -0.1) is 0 Å². The Bertz CT molecular complexity index is 389. The molecule has 4 heteroatoms. The molecule has 94 valence electrons. The molecule has 2 rings (SSSR count). The van der Waals surface area contributed by atoms with Gasteiger partial charge in [-0.2, -0.15) is 0 Å². The van der Waals surface area contributed by atoms with Crippen LogP contribution in [0.1, 0.15) is 19.8 Å². The Morgan fingerprint density at radius 1 is 1.41 bits per heavy atom. The van der Waals surface area contributed by atoms with Gasteiger partial charge < -0.3 is 15.8 Å². The zero-order valence-corrected chi connectivity index (χ0v) is 10.1. The topological polar surface area (TPSA) is 47.3 Å². The summed E-state index contributed by atoms with van der Waals surface area (Å²) >= 11 is 0. The highest BCUT2D eigenvalue weighted by Gasteiger charge is 2.27. The summed E-state index contributed by atoms with van der Waals surface area (Å²) < 4.78 is 18.6. The molecule has 0 amide bonds. The van der Waals surface area contributed by atoms with Crippen LogP contribution in [0.15, 0.2) is 18.2 Å². The molecule has 0 unspecified atom stereocenters. The number of para-hydroxylation sites is 1. The third-order valence-electron chi connectivity index (χ3n) is 3.46. The van der Waals surface area contributed by atoms with Crippen LogP contribution in [0.4, 0.5) is 15.8 Å². The molecule has 1 heterocycles. The minimum atomic E-state index is -0.368. The van der Waals surface area contributed by atoms with E-state index in [1.807, 2.05) is 0 Å². The molecule has 0 aliphatic carbocycles. The maximum atomic E-state index is 13.3. The minimum absolute atomic E-state index is 0.197. The van der Waals surface area contributed by atoms with Crippen LogP contribution in [0, 0.1) is 11.2 Å². The lowest BCUT2D eigenvalue weighted by atomic mass is 9.82. The van der Waals surface area contributed by atoms with Crippen molar-refractivity contribution in [3.8, 4) is 0 Å². The van der Waals surface area contributed by atoms with Crippen LogP contribution >= 0.6 is 0 Å². The van der Waals surface area contributed by atoms with Gasteiger partial charge in [-0.05, 0) is 30.4 Å². The second-order valence-corrected chi connectivity index (χ2v) is 4.98. The maximum absolute atomic E-state index is 13.3. The molecule has 1 aliphatic heterocycles. The highest BCUT2D eigenvalue weighted by Crippen LogP contribution is 2.31. The van der Waals surface area contributed by atoms with Crippen LogP contribution in [0.3, 0.4) is 0 Å². The summed E-state index contributed by atoms with van der Waals surface area (Å²) in [7, 11) is 0. The Hall–Kier alpha value is -1.29. The summed E-state index contributed by atoms with van der Waals surface area (Å²) in [4.78, 5) is 0. The predicted molar refractivity (Wildman–Crippen MR) is 67.5 cm³/mol. The number of nitrogen functional groups attached to an aromatic ring is 1. The van der Waals surface area contributed by atoms with Crippen molar-refractivity contribution in [3.63, 3.8) is 0 Å². The van der Waals surface area contributed by atoms with Gasteiger partial charge in [-0.1, -0.05) is 13.0 Å². The van der Waals surface area contributed by atoms with Crippen LogP contribution in [-0.4, -0.2) is 19.8 Å². The van der Waals surface area contributed by atoms with Gasteiger partial charge in [0.1, 0.15) is 5.82 Å². The SMILES string of the molecule is CC1(CNc2cccc(F)c2N)CCOCC1. The van der Waals surface area contributed by atoms with Crippen molar-refractivity contribution >= 4 is 11.4 Å². The van der Waals surface area contributed by atoms with Crippen LogP contribution < -0.4 is 11.1 Å². The predicted octanol–water partition coefficient (Wildman–Crippen LogP) is 2.64. The molecule has 1 aromatic carbocycles. The molecular formula is C13H19FN2O. The second kappa shape index (κ2) is 4.92. The van der Waals surface area contributed by atoms with E-state index in [4.69, 9.17) is 10.5 Å². The molecular weight excluding hydrogens is 219 g/mol. The number of hydrogen-bond donors (Lipinski definition) is 2. The van der Waals surface area contributed by atoms with Gasteiger partial charge in [0.05, 0.1) is 11.4 Å². The van der Waals surface area contributed by atoms with E-state index in [-0.39, 0.29) is 16.9 Å². The average molecular weight is 238 g/mol. The first-order valence-corrected chi connectivity index (χ1v) is 5.96. The first kappa shape index (κ1) is 12.2. The lowest BCUT2D eigenvalue weighted by Crippen LogP contribution is -2.33. The zero-order valence-electron chi connectivity index (χ0n) is 10.1. The molecule has 1 fully saturated rings. The molecule has 0 aromatic heterocycles. The van der Waals surface area contributed by atoms with E-state index < -0.39 is 0 Å². The first-order valence-electron chi connectivity index (χ1n) is 5.96. The van der Waals surface area contributed by atoms with E-state index in [0.29, 0.717) is 5.69 Å². The molecule has 0 saturated carbocycles. The van der Waals surface area contributed by atoms with Crippen molar-refractivity contribution in [2.75, 3.05) is 30.8 Å². The molecule has 17 heavy (non-hydrogen) atoms. The van der Waals surface area contributed by atoms with E-state index in [1.54, 1.807) is 12.1 Å². The first-order chi connectivity index (χ1) is 8.11. The van der Waals surface area contributed by atoms with E-state index in [2.05, 4.69) is 12.2 Å². The third-order valence-corrected chi connectivity index (χ3v) is 3.46. The molecule has 1 aromatic rings. The average Bonchev–Trinajstić information content (AvgIpc) is 2.32. The van der Waals surface area contributed by atoms with Gasteiger partial charge in [0.2, 0.25) is 0 Å². The van der Waals surface area contributed by atoms with Crippen LogP contribution in [0.25, 0.3) is 0 Å². The Kier molecular flexibility index (Phi) is 3.52. The maximum Gasteiger partial charge on any atom is 0.148 e. The number of benzene rings is 1. The quantitative estimate of drug-likeness (QED) is 0.796. The van der Waals surface area contributed by atoms with Crippen molar-refractivity contribution in [2.24, 2.45) is 5.41 Å². The smallest absolute Gasteiger partial charge is 0.148 e. The van der Waals surface area contributed by atoms with Crippen LogP contribution in [-0.2, 0) is 4.74 Å². The Morgan fingerprint density at radius 2 is 2.12 bits per heavy atom. The number of rotatable bonds is 3. The van der Waals surface area contributed by atoms with Gasteiger partial charge in [0.15, 0.2) is 0 Å². The zero-order chi connectivity index (χ0) is 12.3. The Balaban J connectivity index is 1.99. The largest absolute Gasteiger partial charge is 0.395 e. The normalized spacial score (nSPS) is 18.9. The van der Waals surface area contributed by atoms with Gasteiger partial charge >= 0.3 is 0 Å². The summed E-state index contributed by atoms with van der Waals surface area (Å²) in [6.07, 6.45) is 2.05. The summed E-state index contributed by atoms with van der Waals surface area (Å²) in [6.45, 7) is 4.62. The molecule has 0 atom stereocenters. The highest BCUT2D eigenvalue weighted by atomic mass is 19.1. The molecule has 1 saturated heterocycles. The number of nitrogens with two attached hydrogens (primary N) is 1. The van der Waals surface area contributed by atoms with Crippen molar-refractivity contribution in [2.45, 2.75) is 19.8 Å². The van der Waals surface area contributed by atoms with Gasteiger partial charge in [-0.25, -0.2) is 4.39 Å². The number of nitrogens with one attached hydrogen (secondary N) is 1. The summed E-state index contributed by atoms with van der Waals surface area (Å²) in [5.41, 5.74) is 6.76. The van der Waals surface area contributed by atoms with Crippen LogP contribution in [0.2, 0.25) is 0 Å². The Labute approximate surface area is 101 Å². The van der Waals surface area contributed by atoms with Crippen molar-refractivity contribution in [1.82, 2.24) is 0 Å². The fourth-order valence-corrected chi connectivity index (χ4v) is 2.04. The monoisotopic (exact) mass is 238 g/mol. The second-order valence-electron chi connectivity index (χ2n) is 4.98. The fourth-order valence-electron chi connectivity index (χ4n) is 2.04. The molecule has 3 N–H and O–H groups in total. The number of anilines is 2. The minimum Gasteiger partial charge on any atom is -0.395 e. The van der Waals surface area contributed by atoms with Gasteiger partial charge in [0.25, 0.3) is 0 Å². The molecule has 0 radical (unpaired) electrons. The molecule has 3 nitrogen and oxygen atoms in total. The summed E-state index contributed by atoms with van der Waals surface area (Å²) in [5, 5.41) is 3.24. The van der Waals surface area contributed by atoms with E-state index in [1.165, 1.54) is 6.07 Å². The summed E-state index contributed by atoms with van der Waals surface area (Å²) in [6, 6.07) is 4.85. The Morgan fingerprint density at radius 3 is 2.82 bits per heavy atom. The van der Waals surface area contributed by atoms with Crippen molar-refractivity contribution < 1.29 is 9.13 Å². The van der Waals surface area contributed by atoms with Crippen molar-refractivity contribution in [1.29, 1.82) is 0 Å². The van der Waals surface area contributed by atoms with E-state index in [9.17, 15) is 4.39 Å². The molecule has 0 bridgehead atoms. The third kappa shape index (κ3) is 2.88. The van der Waals surface area contributed by atoms with Gasteiger partial charge in [0, 0.05) is 19.8 Å². The fraction of sp³-hybridized carbons (Fsp3) is 0.538. The standard InChI is InChI=1S/C13H19FN2O/c1-13(5-7-17-8-6-13)9-16-11-4-2-3-10(14)12(11)15/h2-4,16H,5-9,15H2,1H3. The molecule has 0 spiro atoms. The number of ether oxygens (including phenoxy) is 1. The van der Waals surface area contributed by atoms with E-state index >= 15 is 0 Å². The highest BCUT2D eigenvalue weighted by molar-refractivity contribution is 5.66. The van der Waals surface area contributed by atoms with E-state index in [0.717, 1.165) is 32.6 Å². The lowest BCUT2D eigenvalue weighted by Gasteiger charge is -2.34. The van der Waals surface area contributed by atoms with Gasteiger partial charge in [-0.3, -0.25) is 0 Å². The van der Waals surface area contributed by atoms with Crippen molar-refractivity contribution in [3.05, 3.63) is 24.0 Å². The summed E-state index contributed by atoms with van der Waals surface area (Å²) in [5.74, 6) is -0.368. The number of halogens is 1. The van der Waals surface area contributed by atoms with Crippen LogP contribution in [0.5, 0.6) is 0 Å². The molecule has 1 aliphatic rings. The number of hydrogen-bond acceptors (Lipinski definition) is 3.